The third-order valence-corrected chi connectivity index (χ3v) is 3.88. The number of halogens is 1. The van der Waals surface area contributed by atoms with Gasteiger partial charge in [-0.15, -0.1) is 0 Å². The first-order valence-corrected chi connectivity index (χ1v) is 7.36. The first kappa shape index (κ1) is 15.6. The highest BCUT2D eigenvalue weighted by Crippen LogP contribution is 2.18. The number of nitrogens with zero attached hydrogens (tertiary/aromatic N) is 2. The van der Waals surface area contributed by atoms with Crippen LogP contribution in [0.25, 0.3) is 0 Å². The van der Waals surface area contributed by atoms with Gasteiger partial charge in [0.25, 0.3) is 0 Å². The molecule has 4 nitrogen and oxygen atoms in total. The summed E-state index contributed by atoms with van der Waals surface area (Å²) >= 11 is 5.85. The molecule has 0 radical (unpaired) electrons. The van der Waals surface area contributed by atoms with Gasteiger partial charge < -0.3 is 9.42 Å². The minimum atomic E-state index is -0.0771. The quantitative estimate of drug-likeness (QED) is 0.814. The molecule has 112 valence electrons. The zero-order chi connectivity index (χ0) is 15.2. The monoisotopic (exact) mass is 306 g/mol. The molecule has 2 rings (SSSR count). The first-order valence-electron chi connectivity index (χ1n) is 6.98. The maximum atomic E-state index is 12.2. The molecule has 1 aromatic carbocycles. The van der Waals surface area contributed by atoms with E-state index < -0.39 is 0 Å². The van der Waals surface area contributed by atoms with Crippen LogP contribution in [0.1, 0.15) is 37.1 Å². The summed E-state index contributed by atoms with van der Waals surface area (Å²) < 4.78 is 4.82. The van der Waals surface area contributed by atoms with E-state index in [4.69, 9.17) is 16.1 Å². The van der Waals surface area contributed by atoms with E-state index in [1.54, 1.807) is 18.0 Å². The van der Waals surface area contributed by atoms with Crippen molar-refractivity contribution < 1.29 is 9.32 Å². The summed E-state index contributed by atoms with van der Waals surface area (Å²) in [5.41, 5.74) is 1.96. The van der Waals surface area contributed by atoms with Crippen molar-refractivity contribution in [3.63, 3.8) is 0 Å². The van der Waals surface area contributed by atoms with Crippen LogP contribution in [-0.4, -0.2) is 23.0 Å². The van der Waals surface area contributed by atoms with Crippen molar-refractivity contribution in [2.24, 2.45) is 0 Å². The lowest BCUT2D eigenvalue weighted by atomic mass is 10.1. The van der Waals surface area contributed by atoms with Crippen LogP contribution in [0.5, 0.6) is 0 Å². The fraction of sp³-hybridized carbons (Fsp3) is 0.375. The van der Waals surface area contributed by atoms with Gasteiger partial charge in [-0.1, -0.05) is 28.9 Å². The highest BCUT2D eigenvalue weighted by atomic mass is 35.5. The van der Waals surface area contributed by atoms with Crippen molar-refractivity contribution in [1.82, 2.24) is 10.1 Å². The molecule has 1 unspecified atom stereocenters. The Morgan fingerprint density at radius 3 is 2.67 bits per heavy atom. The predicted octanol–water partition coefficient (Wildman–Crippen LogP) is 3.87. The smallest absolute Gasteiger partial charge is 0.222 e. The molecule has 21 heavy (non-hydrogen) atoms. The Kier molecular flexibility index (Phi) is 5.39. The van der Waals surface area contributed by atoms with E-state index >= 15 is 0 Å². The van der Waals surface area contributed by atoms with Crippen molar-refractivity contribution in [2.75, 3.05) is 7.05 Å². The van der Waals surface area contributed by atoms with Gasteiger partial charge in [0.05, 0.1) is 6.04 Å². The van der Waals surface area contributed by atoms with Crippen LogP contribution in [0.2, 0.25) is 5.02 Å². The summed E-state index contributed by atoms with van der Waals surface area (Å²) in [7, 11) is 1.80. The molecule has 1 heterocycles. The standard InChI is InChI=1S/C16H19ClN2O2/c1-12(15-10-11-21-18-15)19(2)16(20)5-3-4-13-6-8-14(17)9-7-13/h6-12H,3-5H2,1-2H3. The molecule has 5 heteroatoms. The van der Waals surface area contributed by atoms with Crippen LogP contribution >= 0.6 is 11.6 Å². The van der Waals surface area contributed by atoms with E-state index in [1.165, 1.54) is 11.8 Å². The number of aromatic nitrogens is 1. The topological polar surface area (TPSA) is 46.3 Å². The van der Waals surface area contributed by atoms with Gasteiger partial charge in [-0.05, 0) is 37.5 Å². The number of amides is 1. The predicted molar refractivity (Wildman–Crippen MR) is 82.1 cm³/mol. The number of rotatable bonds is 6. The summed E-state index contributed by atoms with van der Waals surface area (Å²) in [6.07, 6.45) is 3.72. The minimum Gasteiger partial charge on any atom is -0.364 e. The molecule has 0 N–H and O–H groups in total. The molecule has 1 amide bonds. The lowest BCUT2D eigenvalue weighted by Gasteiger charge is -2.23. The van der Waals surface area contributed by atoms with Crippen molar-refractivity contribution in [2.45, 2.75) is 32.2 Å². The van der Waals surface area contributed by atoms with Crippen molar-refractivity contribution in [3.05, 3.63) is 52.9 Å². The Balaban J connectivity index is 1.80. The number of benzene rings is 1. The second-order valence-electron chi connectivity index (χ2n) is 5.08. The Hall–Kier alpha value is -1.81. The highest BCUT2D eigenvalue weighted by Gasteiger charge is 2.18. The maximum Gasteiger partial charge on any atom is 0.222 e. The molecule has 0 aliphatic carbocycles. The van der Waals surface area contributed by atoms with Crippen molar-refractivity contribution >= 4 is 17.5 Å². The number of hydrogen-bond donors (Lipinski definition) is 0. The number of aryl methyl sites for hydroxylation is 1. The molecule has 0 saturated carbocycles. The lowest BCUT2D eigenvalue weighted by molar-refractivity contribution is -0.132. The Bertz CT molecular complexity index is 566. The van der Waals surface area contributed by atoms with Crippen molar-refractivity contribution in [3.8, 4) is 0 Å². The molecule has 2 aromatic rings. The summed E-state index contributed by atoms with van der Waals surface area (Å²) in [6.45, 7) is 1.94. The second kappa shape index (κ2) is 7.27. The third kappa shape index (κ3) is 4.33. The van der Waals surface area contributed by atoms with Crippen LogP contribution in [0.4, 0.5) is 0 Å². The molecule has 1 aromatic heterocycles. The molecular weight excluding hydrogens is 288 g/mol. The highest BCUT2D eigenvalue weighted by molar-refractivity contribution is 6.30. The third-order valence-electron chi connectivity index (χ3n) is 3.63. The van der Waals surface area contributed by atoms with Crippen LogP contribution in [-0.2, 0) is 11.2 Å². The summed E-state index contributed by atoms with van der Waals surface area (Å²) in [4.78, 5) is 13.9. The van der Waals surface area contributed by atoms with Crippen molar-refractivity contribution in [1.29, 1.82) is 0 Å². The summed E-state index contributed by atoms with van der Waals surface area (Å²) in [5, 5.41) is 4.61. The fourth-order valence-electron chi connectivity index (χ4n) is 2.12. The van der Waals surface area contributed by atoms with E-state index in [-0.39, 0.29) is 11.9 Å². The molecule has 0 fully saturated rings. The van der Waals surface area contributed by atoms with Gasteiger partial charge in [0.15, 0.2) is 0 Å². The van der Waals surface area contributed by atoms with E-state index in [2.05, 4.69) is 5.16 Å². The molecule has 0 bridgehead atoms. The summed E-state index contributed by atoms with van der Waals surface area (Å²) in [5.74, 6) is 0.111. The lowest BCUT2D eigenvalue weighted by Crippen LogP contribution is -2.29. The van der Waals surface area contributed by atoms with Gasteiger partial charge in [0, 0.05) is 24.6 Å². The SMILES string of the molecule is CC(c1ccon1)N(C)C(=O)CCCc1ccc(Cl)cc1. The summed E-state index contributed by atoms with van der Waals surface area (Å²) in [6, 6.07) is 9.44. The van der Waals surface area contributed by atoms with Crippen LogP contribution in [0.15, 0.2) is 41.1 Å². The van der Waals surface area contributed by atoms with Gasteiger partial charge >= 0.3 is 0 Å². The van der Waals surface area contributed by atoms with E-state index in [1.807, 2.05) is 31.2 Å². The molecular formula is C16H19ClN2O2. The Morgan fingerprint density at radius 2 is 2.05 bits per heavy atom. The van der Waals surface area contributed by atoms with E-state index in [0.717, 1.165) is 23.6 Å². The molecule has 0 aliphatic heterocycles. The van der Waals surface area contributed by atoms with Gasteiger partial charge in [-0.2, -0.15) is 0 Å². The number of carbonyl (C=O) groups excluding carboxylic acids is 1. The molecule has 0 aliphatic rings. The van der Waals surface area contributed by atoms with Crippen LogP contribution in [0, 0.1) is 0 Å². The first-order chi connectivity index (χ1) is 10.1. The zero-order valence-corrected chi connectivity index (χ0v) is 13.0. The fourth-order valence-corrected chi connectivity index (χ4v) is 2.25. The number of carbonyl (C=O) groups is 1. The largest absolute Gasteiger partial charge is 0.364 e. The zero-order valence-electron chi connectivity index (χ0n) is 12.3. The van der Waals surface area contributed by atoms with Gasteiger partial charge in [-0.3, -0.25) is 4.79 Å². The van der Waals surface area contributed by atoms with Crippen LogP contribution < -0.4 is 0 Å². The average molecular weight is 307 g/mol. The minimum absolute atomic E-state index is 0.0771. The maximum absolute atomic E-state index is 12.2. The Labute approximate surface area is 129 Å². The molecule has 0 saturated heterocycles. The Morgan fingerprint density at radius 1 is 1.33 bits per heavy atom. The van der Waals surface area contributed by atoms with Gasteiger partial charge in [0.2, 0.25) is 5.91 Å². The average Bonchev–Trinajstić information content (AvgIpc) is 3.02. The van der Waals surface area contributed by atoms with E-state index in [9.17, 15) is 4.79 Å². The molecule has 0 spiro atoms. The van der Waals surface area contributed by atoms with Gasteiger partial charge in [-0.25, -0.2) is 0 Å². The molecule has 1 atom stereocenters. The van der Waals surface area contributed by atoms with Crippen LogP contribution in [0.3, 0.4) is 0 Å². The van der Waals surface area contributed by atoms with E-state index in [0.29, 0.717) is 6.42 Å². The second-order valence-corrected chi connectivity index (χ2v) is 5.52. The normalized spacial score (nSPS) is 12.1. The number of hydrogen-bond acceptors (Lipinski definition) is 3. The van der Waals surface area contributed by atoms with Gasteiger partial charge in [0.1, 0.15) is 12.0 Å².